The highest BCUT2D eigenvalue weighted by Gasteiger charge is 2.22. The van der Waals surface area contributed by atoms with E-state index in [1.165, 1.54) is 5.56 Å². The summed E-state index contributed by atoms with van der Waals surface area (Å²) in [4.78, 5) is 14.9. The van der Waals surface area contributed by atoms with Crippen LogP contribution in [0.4, 0.5) is 0 Å². The number of amides is 1. The summed E-state index contributed by atoms with van der Waals surface area (Å²) >= 11 is 3.50. The molecule has 0 aliphatic heterocycles. The number of carbonyl (C=O) groups is 1. The molecule has 1 heterocycles. The number of hydrogen-bond donors (Lipinski definition) is 2. The van der Waals surface area contributed by atoms with Crippen molar-refractivity contribution in [1.82, 2.24) is 20.4 Å². The van der Waals surface area contributed by atoms with Crippen LogP contribution in [0.25, 0.3) is 0 Å². The van der Waals surface area contributed by atoms with Gasteiger partial charge in [-0.05, 0) is 40.5 Å². The van der Waals surface area contributed by atoms with Crippen LogP contribution in [0.15, 0.2) is 34.8 Å². The first-order valence-corrected chi connectivity index (χ1v) is 9.59. The van der Waals surface area contributed by atoms with Crippen LogP contribution in [-0.4, -0.2) is 40.6 Å². The van der Waals surface area contributed by atoms with E-state index in [4.69, 9.17) is 0 Å². The molecule has 2 rings (SSSR count). The number of benzene rings is 1. The summed E-state index contributed by atoms with van der Waals surface area (Å²) in [6.07, 6.45) is 0. The van der Waals surface area contributed by atoms with Gasteiger partial charge < -0.3 is 5.32 Å². The van der Waals surface area contributed by atoms with Gasteiger partial charge in [0.2, 0.25) is 0 Å². The number of nitrogens with zero attached hydrogens (tertiary/aromatic N) is 2. The fourth-order valence-corrected chi connectivity index (χ4v) is 3.76. The maximum atomic E-state index is 12.6. The molecule has 2 aromatic rings. The predicted octanol–water partition coefficient (Wildman–Crippen LogP) is 4.11. The molecule has 0 saturated carbocycles. The Kier molecular flexibility index (Phi) is 7.20. The van der Waals surface area contributed by atoms with Crippen LogP contribution >= 0.6 is 15.9 Å². The second-order valence-corrected chi connectivity index (χ2v) is 7.11. The normalized spacial score (nSPS) is 12.6. The van der Waals surface area contributed by atoms with Crippen molar-refractivity contribution in [3.05, 3.63) is 51.8 Å². The molecule has 1 amide bonds. The van der Waals surface area contributed by atoms with E-state index in [9.17, 15) is 4.79 Å². The molecule has 0 fully saturated rings. The highest BCUT2D eigenvalue weighted by molar-refractivity contribution is 9.10. The van der Waals surface area contributed by atoms with Crippen LogP contribution in [0, 0.1) is 0 Å². The molecule has 0 bridgehead atoms. The number of aromatic amines is 1. The van der Waals surface area contributed by atoms with Crippen LogP contribution in [0.3, 0.4) is 0 Å². The molecule has 0 aliphatic rings. The molecule has 25 heavy (non-hydrogen) atoms. The molecule has 0 saturated heterocycles. The maximum Gasteiger partial charge on any atom is 0.273 e. The molecular formula is C19H27BrN4O. The Labute approximate surface area is 158 Å². The molecular weight excluding hydrogens is 380 g/mol. The maximum absolute atomic E-state index is 12.6. The molecule has 1 aromatic carbocycles. The van der Waals surface area contributed by atoms with Crippen molar-refractivity contribution in [2.45, 2.75) is 39.7 Å². The highest BCUT2D eigenvalue weighted by Crippen LogP contribution is 2.26. The van der Waals surface area contributed by atoms with Crippen molar-refractivity contribution >= 4 is 21.8 Å². The first kappa shape index (κ1) is 19.7. The van der Waals surface area contributed by atoms with E-state index >= 15 is 0 Å². The number of halogens is 1. The van der Waals surface area contributed by atoms with E-state index in [1.807, 2.05) is 18.2 Å². The zero-order valence-electron chi connectivity index (χ0n) is 15.3. The van der Waals surface area contributed by atoms with E-state index in [2.05, 4.69) is 76.2 Å². The summed E-state index contributed by atoms with van der Waals surface area (Å²) in [6.45, 7) is 10.8. The molecule has 6 heteroatoms. The van der Waals surface area contributed by atoms with Crippen molar-refractivity contribution in [1.29, 1.82) is 0 Å². The Morgan fingerprint density at radius 1 is 1.24 bits per heavy atom. The average Bonchev–Trinajstić information content (AvgIpc) is 3.01. The van der Waals surface area contributed by atoms with Crippen LogP contribution in [0.5, 0.6) is 0 Å². The van der Waals surface area contributed by atoms with E-state index in [0.29, 0.717) is 12.2 Å². The molecule has 1 aromatic heterocycles. The topological polar surface area (TPSA) is 61.0 Å². The third-order valence-corrected chi connectivity index (χ3v) is 5.22. The Bertz CT molecular complexity index is 680. The summed E-state index contributed by atoms with van der Waals surface area (Å²) in [5.74, 6) is 0.110. The zero-order valence-corrected chi connectivity index (χ0v) is 16.9. The largest absolute Gasteiger partial charge is 0.349 e. The van der Waals surface area contributed by atoms with Gasteiger partial charge in [-0.1, -0.05) is 58.0 Å². The van der Waals surface area contributed by atoms with Gasteiger partial charge in [0.25, 0.3) is 5.91 Å². The summed E-state index contributed by atoms with van der Waals surface area (Å²) in [5.41, 5.74) is 2.55. The van der Waals surface area contributed by atoms with E-state index in [1.54, 1.807) is 0 Å². The molecule has 1 atom stereocenters. The van der Waals surface area contributed by atoms with Crippen LogP contribution in [0.2, 0.25) is 0 Å². The van der Waals surface area contributed by atoms with E-state index in [-0.39, 0.29) is 17.9 Å². The lowest BCUT2D eigenvalue weighted by atomic mass is 10.0. The van der Waals surface area contributed by atoms with E-state index in [0.717, 1.165) is 23.3 Å². The second kappa shape index (κ2) is 9.15. The number of carbonyl (C=O) groups excluding carboxylic acids is 1. The predicted molar refractivity (Wildman–Crippen MR) is 105 cm³/mol. The highest BCUT2D eigenvalue weighted by atomic mass is 79.9. The van der Waals surface area contributed by atoms with Crippen molar-refractivity contribution in [3.8, 4) is 0 Å². The number of H-pyrrole nitrogens is 1. The van der Waals surface area contributed by atoms with Gasteiger partial charge in [-0.15, -0.1) is 0 Å². The summed E-state index contributed by atoms with van der Waals surface area (Å²) < 4.78 is 0.749. The van der Waals surface area contributed by atoms with Crippen molar-refractivity contribution in [2.24, 2.45) is 0 Å². The lowest BCUT2D eigenvalue weighted by molar-refractivity contribution is 0.0929. The first-order valence-electron chi connectivity index (χ1n) is 8.80. The van der Waals surface area contributed by atoms with Crippen LogP contribution in [-0.2, 0) is 0 Å². The van der Waals surface area contributed by atoms with Gasteiger partial charge in [0.15, 0.2) is 5.69 Å². The van der Waals surface area contributed by atoms with Gasteiger partial charge in [-0.3, -0.25) is 14.8 Å². The smallest absolute Gasteiger partial charge is 0.273 e. The minimum atomic E-state index is -0.164. The van der Waals surface area contributed by atoms with Crippen molar-refractivity contribution in [3.63, 3.8) is 0 Å². The molecule has 0 radical (unpaired) electrons. The molecule has 2 N–H and O–H groups in total. The van der Waals surface area contributed by atoms with Gasteiger partial charge in [0.1, 0.15) is 0 Å². The standard InChI is InChI=1S/C19H27BrN4O/c1-5-24(6-2)15(14-10-8-7-9-11-14)12-21-19(25)18-16(20)17(13(3)4)22-23-18/h7-11,13,15H,5-6,12H2,1-4H3,(H,21,25)(H,22,23). The summed E-state index contributed by atoms with van der Waals surface area (Å²) in [5, 5.41) is 10.2. The zero-order chi connectivity index (χ0) is 18.4. The number of likely N-dealkylation sites (N-methyl/N-ethyl adjacent to an activating group) is 1. The van der Waals surface area contributed by atoms with Gasteiger partial charge in [0, 0.05) is 6.54 Å². The van der Waals surface area contributed by atoms with E-state index < -0.39 is 0 Å². The third-order valence-electron chi connectivity index (χ3n) is 4.42. The monoisotopic (exact) mass is 406 g/mol. The summed E-state index contributed by atoms with van der Waals surface area (Å²) in [6, 6.07) is 10.4. The van der Waals surface area contributed by atoms with Gasteiger partial charge in [0.05, 0.1) is 16.2 Å². The number of hydrogen-bond acceptors (Lipinski definition) is 3. The van der Waals surface area contributed by atoms with Gasteiger partial charge >= 0.3 is 0 Å². The lowest BCUT2D eigenvalue weighted by Gasteiger charge is -2.30. The fourth-order valence-electron chi connectivity index (χ4n) is 2.95. The molecule has 0 aliphatic carbocycles. The minimum absolute atomic E-state index is 0.141. The third kappa shape index (κ3) is 4.70. The Balaban J connectivity index is 2.13. The first-order chi connectivity index (χ1) is 12.0. The lowest BCUT2D eigenvalue weighted by Crippen LogP contribution is -2.38. The average molecular weight is 407 g/mol. The molecule has 0 spiro atoms. The second-order valence-electron chi connectivity index (χ2n) is 6.31. The number of aromatic nitrogens is 2. The van der Waals surface area contributed by atoms with Crippen LogP contribution < -0.4 is 5.32 Å². The minimum Gasteiger partial charge on any atom is -0.349 e. The Morgan fingerprint density at radius 2 is 1.88 bits per heavy atom. The molecule has 1 unspecified atom stereocenters. The van der Waals surface area contributed by atoms with Gasteiger partial charge in [-0.2, -0.15) is 5.10 Å². The SMILES string of the molecule is CCN(CC)C(CNC(=O)c1n[nH]c(C(C)C)c1Br)c1ccccc1. The van der Waals surface area contributed by atoms with Crippen molar-refractivity contribution in [2.75, 3.05) is 19.6 Å². The summed E-state index contributed by atoms with van der Waals surface area (Å²) in [7, 11) is 0. The number of nitrogens with one attached hydrogen (secondary N) is 2. The quantitative estimate of drug-likeness (QED) is 0.693. The Hall–Kier alpha value is -1.66. The number of rotatable bonds is 8. The molecule has 5 nitrogen and oxygen atoms in total. The fraction of sp³-hybridized carbons (Fsp3) is 0.474. The molecule has 136 valence electrons. The van der Waals surface area contributed by atoms with Crippen molar-refractivity contribution < 1.29 is 4.79 Å². The Morgan fingerprint density at radius 3 is 2.40 bits per heavy atom. The van der Waals surface area contributed by atoms with Crippen LogP contribution in [0.1, 0.15) is 61.4 Å². The van der Waals surface area contributed by atoms with Gasteiger partial charge in [-0.25, -0.2) is 0 Å².